The lowest BCUT2D eigenvalue weighted by Crippen LogP contribution is -2.27. The first kappa shape index (κ1) is 17.8. The zero-order valence-corrected chi connectivity index (χ0v) is 14.7. The number of hydrogen-bond donors (Lipinski definition) is 2. The standard InChI is InChI=1S/C18H17F2N7O/c19-16(20)11-26-10-13(9-23-26)24-17-21-6-5-15(25-17)12-1-3-14(4-2-12)27-8-7-22-18(27)28/h1-6,9-10,16H,7-8,11H2,(H,22,28)(H,21,24,25). The van der Waals surface area contributed by atoms with Crippen LogP contribution in [0, 0.1) is 0 Å². The van der Waals surface area contributed by atoms with Gasteiger partial charge in [-0.05, 0) is 18.2 Å². The minimum absolute atomic E-state index is 0.103. The van der Waals surface area contributed by atoms with Crippen molar-refractivity contribution in [2.45, 2.75) is 13.0 Å². The normalized spacial score (nSPS) is 13.8. The maximum atomic E-state index is 12.4. The molecule has 1 aliphatic rings. The van der Waals surface area contributed by atoms with E-state index in [1.165, 1.54) is 12.4 Å². The van der Waals surface area contributed by atoms with Crippen LogP contribution in [0.4, 0.5) is 30.9 Å². The summed E-state index contributed by atoms with van der Waals surface area (Å²) in [4.78, 5) is 22.0. The molecule has 0 saturated carbocycles. The van der Waals surface area contributed by atoms with Crippen LogP contribution in [0.2, 0.25) is 0 Å². The molecule has 4 rings (SSSR count). The number of nitrogens with zero attached hydrogens (tertiary/aromatic N) is 5. The number of carbonyl (C=O) groups excluding carboxylic acids is 1. The van der Waals surface area contributed by atoms with E-state index < -0.39 is 13.0 Å². The summed E-state index contributed by atoms with van der Waals surface area (Å²) in [6.45, 7) is 0.804. The third-order valence-corrected chi connectivity index (χ3v) is 4.20. The molecule has 0 atom stereocenters. The second-order valence-electron chi connectivity index (χ2n) is 6.16. The zero-order chi connectivity index (χ0) is 19.5. The quantitative estimate of drug-likeness (QED) is 0.681. The van der Waals surface area contributed by atoms with Crippen LogP contribution in [0.5, 0.6) is 0 Å². The van der Waals surface area contributed by atoms with E-state index in [9.17, 15) is 13.6 Å². The van der Waals surface area contributed by atoms with Crippen molar-refractivity contribution in [3.63, 3.8) is 0 Å². The van der Waals surface area contributed by atoms with Crippen LogP contribution in [0.15, 0.2) is 48.9 Å². The van der Waals surface area contributed by atoms with Crippen molar-refractivity contribution in [3.8, 4) is 11.3 Å². The second kappa shape index (κ2) is 7.59. The van der Waals surface area contributed by atoms with Gasteiger partial charge in [0.2, 0.25) is 5.95 Å². The summed E-state index contributed by atoms with van der Waals surface area (Å²) in [5, 5.41) is 9.59. The van der Waals surface area contributed by atoms with Gasteiger partial charge in [-0.3, -0.25) is 9.58 Å². The highest BCUT2D eigenvalue weighted by atomic mass is 19.3. The Morgan fingerprint density at radius 1 is 1.21 bits per heavy atom. The molecule has 2 aromatic heterocycles. The predicted molar refractivity (Wildman–Crippen MR) is 99.7 cm³/mol. The Kier molecular flexibility index (Phi) is 4.83. The number of anilines is 3. The number of benzene rings is 1. The van der Waals surface area contributed by atoms with Gasteiger partial charge in [0.25, 0.3) is 6.43 Å². The highest BCUT2D eigenvalue weighted by Crippen LogP contribution is 2.24. The molecular weight excluding hydrogens is 368 g/mol. The van der Waals surface area contributed by atoms with Crippen molar-refractivity contribution in [1.82, 2.24) is 25.1 Å². The lowest BCUT2D eigenvalue weighted by atomic mass is 10.1. The van der Waals surface area contributed by atoms with Gasteiger partial charge in [0, 0.05) is 36.7 Å². The third-order valence-electron chi connectivity index (χ3n) is 4.20. The molecule has 3 aromatic rings. The molecule has 3 heterocycles. The number of halogens is 2. The SMILES string of the molecule is O=C1NCCN1c1ccc(-c2ccnc(Nc3cnn(CC(F)F)c3)n2)cc1. The van der Waals surface area contributed by atoms with Gasteiger partial charge in [0.1, 0.15) is 6.54 Å². The fourth-order valence-corrected chi connectivity index (χ4v) is 2.91. The van der Waals surface area contributed by atoms with Crippen molar-refractivity contribution in [2.75, 3.05) is 23.3 Å². The van der Waals surface area contributed by atoms with E-state index >= 15 is 0 Å². The molecule has 1 saturated heterocycles. The Bertz CT molecular complexity index is 974. The van der Waals surface area contributed by atoms with Gasteiger partial charge in [-0.1, -0.05) is 12.1 Å². The van der Waals surface area contributed by atoms with Gasteiger partial charge in [-0.25, -0.2) is 23.5 Å². The summed E-state index contributed by atoms with van der Waals surface area (Å²) < 4.78 is 26.0. The molecule has 28 heavy (non-hydrogen) atoms. The monoisotopic (exact) mass is 385 g/mol. The van der Waals surface area contributed by atoms with Crippen LogP contribution in [0.3, 0.4) is 0 Å². The molecule has 0 bridgehead atoms. The maximum Gasteiger partial charge on any atom is 0.321 e. The molecule has 8 nitrogen and oxygen atoms in total. The summed E-state index contributed by atoms with van der Waals surface area (Å²) in [5.41, 5.74) is 2.89. The average Bonchev–Trinajstić information content (AvgIpc) is 3.30. The third kappa shape index (κ3) is 3.90. The van der Waals surface area contributed by atoms with E-state index in [1.807, 2.05) is 24.3 Å². The molecule has 1 aliphatic heterocycles. The van der Waals surface area contributed by atoms with E-state index in [2.05, 4.69) is 25.7 Å². The van der Waals surface area contributed by atoms with Crippen LogP contribution in [-0.4, -0.2) is 45.3 Å². The van der Waals surface area contributed by atoms with Crippen LogP contribution in [0.25, 0.3) is 11.3 Å². The number of amides is 2. The Morgan fingerprint density at radius 2 is 2.04 bits per heavy atom. The summed E-state index contributed by atoms with van der Waals surface area (Å²) in [5.74, 6) is 0.331. The summed E-state index contributed by atoms with van der Waals surface area (Å²) in [7, 11) is 0. The fourth-order valence-electron chi connectivity index (χ4n) is 2.91. The molecule has 0 aliphatic carbocycles. The van der Waals surface area contributed by atoms with E-state index in [4.69, 9.17) is 0 Å². The average molecular weight is 385 g/mol. The fraction of sp³-hybridized carbons (Fsp3) is 0.222. The lowest BCUT2D eigenvalue weighted by molar-refractivity contribution is 0.122. The first-order valence-electron chi connectivity index (χ1n) is 8.65. The van der Waals surface area contributed by atoms with E-state index in [1.54, 1.807) is 17.2 Å². The van der Waals surface area contributed by atoms with Crippen molar-refractivity contribution >= 4 is 23.4 Å². The minimum Gasteiger partial charge on any atom is -0.336 e. The Hall–Kier alpha value is -3.56. The van der Waals surface area contributed by atoms with Crippen molar-refractivity contribution in [3.05, 3.63) is 48.9 Å². The van der Waals surface area contributed by atoms with E-state index in [-0.39, 0.29) is 6.03 Å². The Labute approximate surface area is 159 Å². The molecule has 0 radical (unpaired) electrons. The van der Waals surface area contributed by atoms with Gasteiger partial charge in [-0.2, -0.15) is 5.10 Å². The van der Waals surface area contributed by atoms with Crippen LogP contribution in [0.1, 0.15) is 0 Å². The lowest BCUT2D eigenvalue weighted by Gasteiger charge is -2.14. The molecule has 1 aromatic carbocycles. The highest BCUT2D eigenvalue weighted by molar-refractivity contribution is 5.94. The van der Waals surface area contributed by atoms with Gasteiger partial charge >= 0.3 is 6.03 Å². The number of carbonyl (C=O) groups is 1. The number of alkyl halides is 2. The van der Waals surface area contributed by atoms with Crippen molar-refractivity contribution < 1.29 is 13.6 Å². The predicted octanol–water partition coefficient (Wildman–Crippen LogP) is 2.88. The topological polar surface area (TPSA) is 88.0 Å². The zero-order valence-electron chi connectivity index (χ0n) is 14.7. The molecule has 2 amide bonds. The molecule has 2 N–H and O–H groups in total. The minimum atomic E-state index is -2.47. The Morgan fingerprint density at radius 3 is 2.75 bits per heavy atom. The molecule has 0 unspecified atom stereocenters. The van der Waals surface area contributed by atoms with E-state index in [0.717, 1.165) is 15.9 Å². The summed E-state index contributed by atoms with van der Waals surface area (Å²) in [6, 6.07) is 9.16. The Balaban J connectivity index is 1.49. The molecule has 10 heteroatoms. The molecular formula is C18H17F2N7O. The number of urea groups is 1. The van der Waals surface area contributed by atoms with Crippen molar-refractivity contribution in [1.29, 1.82) is 0 Å². The first-order chi connectivity index (χ1) is 13.6. The van der Waals surface area contributed by atoms with Gasteiger partial charge in [-0.15, -0.1) is 0 Å². The smallest absolute Gasteiger partial charge is 0.321 e. The molecule has 144 valence electrons. The highest BCUT2D eigenvalue weighted by Gasteiger charge is 2.20. The number of aromatic nitrogens is 4. The number of rotatable bonds is 6. The van der Waals surface area contributed by atoms with Gasteiger partial charge < -0.3 is 10.6 Å². The van der Waals surface area contributed by atoms with Crippen LogP contribution >= 0.6 is 0 Å². The van der Waals surface area contributed by atoms with Gasteiger partial charge in [0.05, 0.1) is 17.6 Å². The largest absolute Gasteiger partial charge is 0.336 e. The van der Waals surface area contributed by atoms with E-state index in [0.29, 0.717) is 30.4 Å². The molecule has 0 spiro atoms. The number of hydrogen-bond acceptors (Lipinski definition) is 5. The first-order valence-corrected chi connectivity index (χ1v) is 8.65. The van der Waals surface area contributed by atoms with Crippen LogP contribution < -0.4 is 15.5 Å². The number of nitrogens with one attached hydrogen (secondary N) is 2. The van der Waals surface area contributed by atoms with Crippen LogP contribution in [-0.2, 0) is 6.54 Å². The molecule has 1 fully saturated rings. The summed E-state index contributed by atoms with van der Waals surface area (Å²) in [6.07, 6.45) is 2.05. The van der Waals surface area contributed by atoms with Gasteiger partial charge in [0.15, 0.2) is 0 Å². The maximum absolute atomic E-state index is 12.4. The summed E-state index contributed by atoms with van der Waals surface area (Å²) >= 11 is 0. The second-order valence-corrected chi connectivity index (χ2v) is 6.16. The van der Waals surface area contributed by atoms with Crippen molar-refractivity contribution in [2.24, 2.45) is 0 Å².